The van der Waals surface area contributed by atoms with Crippen molar-refractivity contribution in [2.75, 3.05) is 31.6 Å². The Morgan fingerprint density at radius 2 is 1.92 bits per heavy atom. The summed E-state index contributed by atoms with van der Waals surface area (Å²) in [6.07, 6.45) is 4.75. The van der Waals surface area contributed by atoms with Crippen LogP contribution in [-0.2, 0) is 4.74 Å². The zero-order valence-corrected chi connectivity index (χ0v) is 20.8. The van der Waals surface area contributed by atoms with Crippen LogP contribution in [0.4, 0.5) is 20.4 Å². The lowest BCUT2D eigenvalue weighted by molar-refractivity contribution is -0.00214. The van der Waals surface area contributed by atoms with Crippen molar-refractivity contribution < 1.29 is 18.6 Å². The van der Waals surface area contributed by atoms with Gasteiger partial charge in [-0.3, -0.25) is 9.58 Å². The number of ether oxygens (including phenoxy) is 1. The van der Waals surface area contributed by atoms with E-state index in [0.717, 1.165) is 36.8 Å². The Morgan fingerprint density at radius 1 is 1.17 bits per heavy atom. The molecule has 0 amide bonds. The van der Waals surface area contributed by atoms with Crippen molar-refractivity contribution >= 4 is 22.5 Å². The van der Waals surface area contributed by atoms with E-state index in [1.54, 1.807) is 19.3 Å². The molecule has 2 unspecified atom stereocenters. The molecule has 6 rings (SSSR count). The normalized spacial score (nSPS) is 28.6. The number of hydrogen-bond acceptors (Lipinski definition) is 7. The quantitative estimate of drug-likeness (QED) is 0.548. The smallest absolute Gasteiger partial charge is 0.272 e. The molecule has 0 bridgehead atoms. The van der Waals surface area contributed by atoms with E-state index >= 15 is 0 Å². The molecule has 2 saturated heterocycles. The number of aliphatic hydroxyl groups is 1. The molecule has 2 aromatic heterocycles. The number of benzene rings is 1. The summed E-state index contributed by atoms with van der Waals surface area (Å²) in [5.74, 6) is -1.85. The van der Waals surface area contributed by atoms with Crippen LogP contribution in [0.2, 0.25) is 0 Å². The fraction of sp³-hybridized carbons (Fsp3) is 0.577. The number of nitrogens with one attached hydrogen (secondary N) is 1. The minimum atomic E-state index is -2.68. The van der Waals surface area contributed by atoms with Crippen LogP contribution in [0.3, 0.4) is 0 Å². The number of halogens is 2. The van der Waals surface area contributed by atoms with Crippen molar-refractivity contribution in [1.82, 2.24) is 24.6 Å². The van der Waals surface area contributed by atoms with Gasteiger partial charge >= 0.3 is 0 Å². The molecule has 8 nitrogen and oxygen atoms in total. The van der Waals surface area contributed by atoms with Crippen LogP contribution < -0.4 is 5.32 Å². The molecule has 1 aliphatic carbocycles. The van der Waals surface area contributed by atoms with Gasteiger partial charge in [0.05, 0.1) is 48.0 Å². The van der Waals surface area contributed by atoms with Gasteiger partial charge < -0.3 is 15.2 Å². The van der Waals surface area contributed by atoms with Crippen molar-refractivity contribution in [3.8, 4) is 0 Å². The predicted octanol–water partition coefficient (Wildman–Crippen LogP) is 4.10. The molecule has 1 aromatic carbocycles. The Bertz CT molecular complexity index is 1310. The molecule has 4 heterocycles. The van der Waals surface area contributed by atoms with Crippen LogP contribution in [-0.4, -0.2) is 73.6 Å². The van der Waals surface area contributed by atoms with Crippen LogP contribution >= 0.6 is 0 Å². The highest BCUT2D eigenvalue weighted by molar-refractivity contribution is 5.81. The second-order valence-electron chi connectivity index (χ2n) is 10.8. The minimum Gasteiger partial charge on any atom is -0.389 e. The molecule has 36 heavy (non-hydrogen) atoms. The first kappa shape index (κ1) is 23.7. The van der Waals surface area contributed by atoms with E-state index in [4.69, 9.17) is 9.72 Å². The molecular formula is C26H32F2N6O2. The maximum atomic E-state index is 13.5. The molecule has 3 fully saturated rings. The number of aryl methyl sites for hydroxylation is 1. The molecule has 3 atom stereocenters. The zero-order chi connectivity index (χ0) is 25.2. The Balaban J connectivity index is 1.20. The van der Waals surface area contributed by atoms with E-state index in [9.17, 15) is 13.9 Å². The second-order valence-corrected chi connectivity index (χ2v) is 10.8. The highest BCUT2D eigenvalue weighted by Crippen LogP contribution is 2.53. The highest BCUT2D eigenvalue weighted by Gasteiger charge is 2.59. The zero-order valence-electron chi connectivity index (χ0n) is 20.8. The molecular weight excluding hydrogens is 466 g/mol. The summed E-state index contributed by atoms with van der Waals surface area (Å²) >= 11 is 0. The molecule has 0 radical (unpaired) electrons. The first-order chi connectivity index (χ1) is 17.2. The number of rotatable bonds is 5. The highest BCUT2D eigenvalue weighted by atomic mass is 19.3. The largest absolute Gasteiger partial charge is 0.389 e. The Morgan fingerprint density at radius 3 is 2.58 bits per heavy atom. The number of hydrogen-bond donors (Lipinski definition) is 2. The maximum Gasteiger partial charge on any atom is 0.272 e. The second kappa shape index (κ2) is 8.43. The van der Waals surface area contributed by atoms with E-state index in [0.29, 0.717) is 36.5 Å². The van der Waals surface area contributed by atoms with E-state index in [1.807, 2.05) is 0 Å². The van der Waals surface area contributed by atoms with Gasteiger partial charge in [-0.15, -0.1) is 0 Å². The molecule has 0 spiro atoms. The molecule has 10 heteroatoms. The van der Waals surface area contributed by atoms with Gasteiger partial charge in [0.25, 0.3) is 5.92 Å². The number of anilines is 2. The topological polar surface area (TPSA) is 88.3 Å². The third-order valence-electron chi connectivity index (χ3n) is 8.39. The van der Waals surface area contributed by atoms with Crippen LogP contribution in [0.5, 0.6) is 0 Å². The van der Waals surface area contributed by atoms with Gasteiger partial charge in [-0.1, -0.05) is 0 Å². The van der Waals surface area contributed by atoms with E-state index in [2.05, 4.69) is 46.3 Å². The third kappa shape index (κ3) is 3.95. The minimum absolute atomic E-state index is 0.171. The van der Waals surface area contributed by atoms with Crippen molar-refractivity contribution in [2.24, 2.45) is 0 Å². The van der Waals surface area contributed by atoms with E-state index in [-0.39, 0.29) is 12.0 Å². The number of piperidine rings is 1. The molecule has 2 aliphatic heterocycles. The lowest BCUT2D eigenvalue weighted by Crippen LogP contribution is -2.56. The van der Waals surface area contributed by atoms with Gasteiger partial charge in [-0.25, -0.2) is 18.7 Å². The van der Waals surface area contributed by atoms with Crippen LogP contribution in [0.25, 0.3) is 10.9 Å². The average molecular weight is 499 g/mol. The monoisotopic (exact) mass is 498 g/mol. The molecule has 192 valence electrons. The molecule has 2 N–H and O–H groups in total. The first-order valence-electron chi connectivity index (χ1n) is 12.6. The molecule has 3 aliphatic rings. The summed E-state index contributed by atoms with van der Waals surface area (Å²) in [6, 6.07) is 3.43. The summed E-state index contributed by atoms with van der Waals surface area (Å²) in [5, 5.41) is 18.7. The van der Waals surface area contributed by atoms with Crippen LogP contribution in [0, 0.1) is 13.8 Å². The van der Waals surface area contributed by atoms with Gasteiger partial charge in [0.2, 0.25) is 5.95 Å². The fourth-order valence-corrected chi connectivity index (χ4v) is 5.81. The van der Waals surface area contributed by atoms with E-state index < -0.39 is 18.1 Å². The Hall–Kier alpha value is -2.69. The summed E-state index contributed by atoms with van der Waals surface area (Å²) < 4.78 is 33.9. The third-order valence-corrected chi connectivity index (χ3v) is 8.39. The molecule has 1 saturated carbocycles. The summed E-state index contributed by atoms with van der Waals surface area (Å²) in [7, 11) is 0. The van der Waals surface area contributed by atoms with Crippen LogP contribution in [0.1, 0.15) is 55.0 Å². The lowest BCUT2D eigenvalue weighted by atomic mass is 9.84. The van der Waals surface area contributed by atoms with Gasteiger partial charge in [0.15, 0.2) is 0 Å². The SMILES string of the molecule is Cc1cc2cnc(Nc3cnn(C4CC4(F)F)c3C)nc2cc1C1CCN([C@]2(C)COCC2O)CC1. The maximum absolute atomic E-state index is 13.5. The summed E-state index contributed by atoms with van der Waals surface area (Å²) in [6.45, 7) is 8.81. The Kier molecular flexibility index (Phi) is 5.55. The number of alkyl halides is 2. The average Bonchev–Trinajstić information content (AvgIpc) is 3.13. The summed E-state index contributed by atoms with van der Waals surface area (Å²) in [5.41, 5.74) is 4.33. The summed E-state index contributed by atoms with van der Waals surface area (Å²) in [4.78, 5) is 11.6. The van der Waals surface area contributed by atoms with Gasteiger partial charge in [0, 0.05) is 18.0 Å². The first-order valence-corrected chi connectivity index (χ1v) is 12.6. The Labute approximate surface area is 208 Å². The number of fused-ring (bicyclic) bond motifs is 1. The van der Waals surface area contributed by atoms with E-state index in [1.165, 1.54) is 15.8 Å². The number of aliphatic hydroxyl groups excluding tert-OH is 1. The number of nitrogens with zero attached hydrogens (tertiary/aromatic N) is 5. The standard InChI is InChI=1S/C26H32F2N6O2/c1-15-8-18-11-29-24(32-21-12-30-34(16(21)2)22-10-26(22,27)28)31-20(18)9-19(15)17-4-6-33(7-5-17)25(3)14-36-13-23(25)35/h8-9,11-12,17,22-23,35H,4-7,10,13-14H2,1-3H3,(H,29,31,32)/t22?,23?,25-/m1/s1. The van der Waals surface area contributed by atoms with Gasteiger partial charge in [-0.2, -0.15) is 5.10 Å². The lowest BCUT2D eigenvalue weighted by Gasteiger charge is -2.43. The fourth-order valence-electron chi connectivity index (χ4n) is 5.81. The van der Waals surface area contributed by atoms with Gasteiger partial charge in [0.1, 0.15) is 6.04 Å². The van der Waals surface area contributed by atoms with Crippen molar-refractivity contribution in [3.05, 3.63) is 41.3 Å². The number of likely N-dealkylation sites (tertiary alicyclic amines) is 1. The van der Waals surface area contributed by atoms with Crippen molar-refractivity contribution in [3.63, 3.8) is 0 Å². The van der Waals surface area contributed by atoms with Gasteiger partial charge in [-0.05, 0) is 75.9 Å². The molecule has 3 aromatic rings. The van der Waals surface area contributed by atoms with Crippen molar-refractivity contribution in [1.29, 1.82) is 0 Å². The number of aromatic nitrogens is 4. The van der Waals surface area contributed by atoms with Crippen molar-refractivity contribution in [2.45, 2.75) is 69.6 Å². The van der Waals surface area contributed by atoms with Crippen LogP contribution in [0.15, 0.2) is 24.5 Å². The predicted molar refractivity (Wildman–Crippen MR) is 132 cm³/mol.